The highest BCUT2D eigenvalue weighted by Crippen LogP contribution is 2.15. The molecule has 0 saturated carbocycles. The van der Waals surface area contributed by atoms with E-state index in [0.717, 1.165) is 13.1 Å². The van der Waals surface area contributed by atoms with Crippen LogP contribution in [0.1, 0.15) is 25.0 Å². The van der Waals surface area contributed by atoms with Crippen molar-refractivity contribution in [2.45, 2.75) is 25.6 Å². The Morgan fingerprint density at radius 3 is 2.71 bits per heavy atom. The van der Waals surface area contributed by atoms with Crippen LogP contribution >= 0.6 is 0 Å². The van der Waals surface area contributed by atoms with Crippen LogP contribution in [0.15, 0.2) is 29.6 Å². The van der Waals surface area contributed by atoms with Crippen LogP contribution in [0.4, 0.5) is 0 Å². The van der Waals surface area contributed by atoms with Crippen LogP contribution in [0.2, 0.25) is 0 Å². The van der Waals surface area contributed by atoms with Crippen LogP contribution in [0.5, 0.6) is 0 Å². The number of piperidine rings is 1. The molecular weight excluding hydrogens is 266 g/mol. The van der Waals surface area contributed by atoms with Crippen molar-refractivity contribution in [3.05, 3.63) is 41.5 Å². The minimum atomic E-state index is -0.245. The molecule has 0 aromatic carbocycles. The molecule has 1 aromatic heterocycles. The molecule has 1 fully saturated rings. The molecule has 0 spiro atoms. The van der Waals surface area contributed by atoms with Crippen molar-refractivity contribution in [3.63, 3.8) is 0 Å². The molecular formula is C15H21N5O. The molecule has 1 aliphatic rings. The van der Waals surface area contributed by atoms with Gasteiger partial charge in [-0.3, -0.25) is 19.6 Å². The van der Waals surface area contributed by atoms with Gasteiger partial charge in [-0.25, -0.2) is 0 Å². The molecule has 0 amide bonds. The quantitative estimate of drug-likeness (QED) is 0.273. The number of amidine groups is 1. The monoisotopic (exact) mass is 287 g/mol. The number of nitrogens with zero attached hydrogens (tertiary/aromatic N) is 5. The molecule has 0 aliphatic carbocycles. The number of likely N-dealkylation sites (tertiary alicyclic amines) is 1. The molecule has 6 heteroatoms. The second kappa shape index (κ2) is 7.72. The summed E-state index contributed by atoms with van der Waals surface area (Å²) in [5.74, 6) is 0.180. The first-order valence-electron chi connectivity index (χ1n) is 7.15. The predicted molar refractivity (Wildman–Crippen MR) is 81.4 cm³/mol. The predicted octanol–water partition coefficient (Wildman–Crippen LogP) is 2.01. The third kappa shape index (κ3) is 4.25. The van der Waals surface area contributed by atoms with Gasteiger partial charge < -0.3 is 4.85 Å². The highest BCUT2D eigenvalue weighted by atomic mass is 16.7. The molecule has 1 atom stereocenters. The summed E-state index contributed by atoms with van der Waals surface area (Å²) in [6.45, 7) is 9.23. The number of rotatable bonds is 5. The number of hydrogen-bond donors (Lipinski definition) is 0. The normalized spacial score (nSPS) is 18.3. The maximum Gasteiger partial charge on any atom is 0.340 e. The van der Waals surface area contributed by atoms with E-state index in [1.165, 1.54) is 19.3 Å². The van der Waals surface area contributed by atoms with E-state index in [9.17, 15) is 0 Å². The van der Waals surface area contributed by atoms with Crippen molar-refractivity contribution in [2.75, 3.05) is 27.2 Å². The van der Waals surface area contributed by atoms with E-state index in [0.29, 0.717) is 5.69 Å². The van der Waals surface area contributed by atoms with Crippen LogP contribution < -0.4 is 0 Å². The lowest BCUT2D eigenvalue weighted by Gasteiger charge is -2.34. The number of hydrogen-bond acceptors (Lipinski definition) is 5. The van der Waals surface area contributed by atoms with Gasteiger partial charge in [-0.1, -0.05) is 19.1 Å². The number of aromatic nitrogens is 1. The van der Waals surface area contributed by atoms with E-state index in [-0.39, 0.29) is 12.2 Å². The Morgan fingerprint density at radius 2 is 2.14 bits per heavy atom. The van der Waals surface area contributed by atoms with E-state index in [2.05, 4.69) is 19.9 Å². The van der Waals surface area contributed by atoms with Crippen LogP contribution in [-0.2, 0) is 4.84 Å². The summed E-state index contributed by atoms with van der Waals surface area (Å²) < 4.78 is 0. The van der Waals surface area contributed by atoms with Crippen molar-refractivity contribution < 1.29 is 4.84 Å². The lowest BCUT2D eigenvalue weighted by Crippen LogP contribution is -2.48. The largest absolute Gasteiger partial charge is 0.356 e. The zero-order valence-corrected chi connectivity index (χ0v) is 12.6. The lowest BCUT2D eigenvalue weighted by molar-refractivity contribution is -0.141. The average molecular weight is 287 g/mol. The van der Waals surface area contributed by atoms with Gasteiger partial charge >= 0.3 is 5.84 Å². The van der Waals surface area contributed by atoms with Crippen molar-refractivity contribution in [1.29, 1.82) is 0 Å². The zero-order chi connectivity index (χ0) is 15.1. The van der Waals surface area contributed by atoms with Gasteiger partial charge in [0.2, 0.25) is 0 Å². The second-order valence-electron chi connectivity index (χ2n) is 5.23. The van der Waals surface area contributed by atoms with Gasteiger partial charge in [-0.15, -0.1) is 0 Å². The molecule has 1 aliphatic heterocycles. The molecule has 1 unspecified atom stereocenters. The summed E-state index contributed by atoms with van der Waals surface area (Å²) in [5, 5.41) is 4.03. The standard InChI is InChI=1S/C15H21N5O/c1-16-14(13-9-5-6-10-17-13)18-21-15(19(2)3)20-11-7-4-8-12-20/h5-6,9-10,15H,4,7-8,11-12H2,2-3H3/b18-14-. The molecule has 0 bridgehead atoms. The van der Waals surface area contributed by atoms with Gasteiger partial charge in [0, 0.05) is 19.3 Å². The van der Waals surface area contributed by atoms with Gasteiger partial charge in [0.15, 0.2) is 0 Å². The van der Waals surface area contributed by atoms with Gasteiger partial charge in [-0.2, -0.15) is 0 Å². The summed E-state index contributed by atoms with van der Waals surface area (Å²) in [5.41, 5.74) is 0.531. The van der Waals surface area contributed by atoms with Gasteiger partial charge in [0.25, 0.3) is 6.35 Å². The highest BCUT2D eigenvalue weighted by molar-refractivity contribution is 6.03. The molecule has 112 valence electrons. The van der Waals surface area contributed by atoms with Crippen molar-refractivity contribution >= 4 is 5.84 Å². The number of oxime groups is 1. The molecule has 1 aromatic rings. The van der Waals surface area contributed by atoms with Crippen LogP contribution in [0.3, 0.4) is 0 Å². The molecule has 0 radical (unpaired) electrons. The van der Waals surface area contributed by atoms with Crippen LogP contribution in [-0.4, -0.2) is 54.2 Å². The van der Waals surface area contributed by atoms with Gasteiger partial charge in [0.05, 0.1) is 10.8 Å². The minimum absolute atomic E-state index is 0.180. The lowest BCUT2D eigenvalue weighted by atomic mass is 10.1. The maximum atomic E-state index is 7.24. The third-order valence-corrected chi connectivity index (χ3v) is 3.38. The maximum absolute atomic E-state index is 7.24. The minimum Gasteiger partial charge on any atom is -0.356 e. The highest BCUT2D eigenvalue weighted by Gasteiger charge is 2.26. The summed E-state index contributed by atoms with van der Waals surface area (Å²) in [6.07, 6.45) is 5.01. The summed E-state index contributed by atoms with van der Waals surface area (Å²) >= 11 is 0. The molecule has 6 nitrogen and oxygen atoms in total. The fourth-order valence-corrected chi connectivity index (χ4v) is 2.34. The Balaban J connectivity index is 2.09. The summed E-state index contributed by atoms with van der Waals surface area (Å²) in [7, 11) is 3.90. The first-order valence-corrected chi connectivity index (χ1v) is 7.15. The number of pyridine rings is 1. The molecule has 0 N–H and O–H groups in total. The van der Waals surface area contributed by atoms with E-state index >= 15 is 0 Å². The van der Waals surface area contributed by atoms with E-state index in [4.69, 9.17) is 11.4 Å². The molecule has 1 saturated heterocycles. The first kappa shape index (κ1) is 15.4. The third-order valence-electron chi connectivity index (χ3n) is 3.38. The first-order chi connectivity index (χ1) is 10.2. The fourth-order valence-electron chi connectivity index (χ4n) is 2.34. The van der Waals surface area contributed by atoms with Crippen LogP contribution in [0, 0.1) is 6.57 Å². The Labute approximate surface area is 125 Å². The summed E-state index contributed by atoms with van der Waals surface area (Å²) in [6, 6.07) is 5.39. The molecule has 21 heavy (non-hydrogen) atoms. The average Bonchev–Trinajstić information content (AvgIpc) is 2.53. The van der Waals surface area contributed by atoms with Crippen molar-refractivity contribution in [3.8, 4) is 0 Å². The van der Waals surface area contributed by atoms with Crippen molar-refractivity contribution in [1.82, 2.24) is 14.8 Å². The van der Waals surface area contributed by atoms with E-state index in [1.807, 2.05) is 31.1 Å². The Hall–Kier alpha value is -1.97. The van der Waals surface area contributed by atoms with Gasteiger partial charge in [0.1, 0.15) is 0 Å². The zero-order valence-electron chi connectivity index (χ0n) is 12.6. The van der Waals surface area contributed by atoms with Gasteiger partial charge in [-0.05, 0) is 39.1 Å². The Kier molecular flexibility index (Phi) is 5.67. The van der Waals surface area contributed by atoms with E-state index < -0.39 is 0 Å². The van der Waals surface area contributed by atoms with Crippen LogP contribution in [0.25, 0.3) is 4.85 Å². The molecule has 2 rings (SSSR count). The molecule has 2 heterocycles. The summed E-state index contributed by atoms with van der Waals surface area (Å²) in [4.78, 5) is 17.4. The second-order valence-corrected chi connectivity index (χ2v) is 5.23. The smallest absolute Gasteiger partial charge is 0.340 e. The fraction of sp³-hybridized carbons (Fsp3) is 0.533. The Bertz CT molecular complexity index is 503. The van der Waals surface area contributed by atoms with E-state index in [1.54, 1.807) is 12.3 Å². The Morgan fingerprint density at radius 1 is 1.38 bits per heavy atom. The SMILES string of the molecule is [C-]#[N+]/C(=N\OC(N(C)C)N1CCCCC1)c1ccccn1. The topological polar surface area (TPSA) is 45.3 Å². The van der Waals surface area contributed by atoms with Crippen molar-refractivity contribution in [2.24, 2.45) is 5.16 Å².